The lowest BCUT2D eigenvalue weighted by molar-refractivity contribution is -0.137. The number of nitrogens with zero attached hydrogens (tertiary/aromatic N) is 3. The molecule has 0 aliphatic carbocycles. The number of hydrogen-bond donors (Lipinski definition) is 2. The molecule has 3 aromatic rings. The number of alkyl halides is 3. The van der Waals surface area contributed by atoms with E-state index in [-0.39, 0.29) is 23.2 Å². The number of rotatable bonds is 4. The normalized spacial score (nSPS) is 14.2. The van der Waals surface area contributed by atoms with Crippen molar-refractivity contribution in [3.63, 3.8) is 0 Å². The maximum atomic E-state index is 12.8. The molecule has 0 spiro atoms. The lowest BCUT2D eigenvalue weighted by Gasteiger charge is -2.28. The highest BCUT2D eigenvalue weighted by Gasteiger charge is 2.30. The third-order valence-electron chi connectivity index (χ3n) is 4.99. The van der Waals surface area contributed by atoms with E-state index >= 15 is 0 Å². The Balaban J connectivity index is 1.49. The number of imidazole rings is 1. The van der Waals surface area contributed by atoms with Crippen molar-refractivity contribution in [3.05, 3.63) is 65.1 Å². The van der Waals surface area contributed by atoms with Crippen LogP contribution in [0.5, 0.6) is 0 Å². The Labute approximate surface area is 181 Å². The monoisotopic (exact) mass is 465 g/mol. The van der Waals surface area contributed by atoms with Gasteiger partial charge in [0.15, 0.2) is 0 Å². The van der Waals surface area contributed by atoms with Gasteiger partial charge in [0.25, 0.3) is 5.91 Å². The highest BCUT2D eigenvalue weighted by molar-refractivity contribution is 7.90. The smallest absolute Gasteiger partial charge is 0.340 e. The Bertz CT molecular complexity index is 1270. The van der Waals surface area contributed by atoms with Gasteiger partial charge in [0.2, 0.25) is 15.0 Å². The number of halogens is 3. The number of H-pyrrole nitrogens is 1. The van der Waals surface area contributed by atoms with Crippen LogP contribution in [-0.4, -0.2) is 47.0 Å². The SMILES string of the molecule is CS(=O)(=O)c1nc(C(=O)N2CCc3ccc(Nc4ccc(C(F)(F)F)cn4)cc3C2)c[nH]1. The molecule has 1 amide bonds. The van der Waals surface area contributed by atoms with Gasteiger partial charge in [0.1, 0.15) is 11.5 Å². The molecule has 32 heavy (non-hydrogen) atoms. The van der Waals surface area contributed by atoms with Gasteiger partial charge in [0.05, 0.1) is 5.56 Å². The first kappa shape index (κ1) is 21.8. The summed E-state index contributed by atoms with van der Waals surface area (Å²) in [7, 11) is -3.56. The third-order valence-corrected chi connectivity index (χ3v) is 5.91. The molecule has 1 aliphatic heterocycles. The molecule has 0 saturated heterocycles. The molecule has 1 aromatic carbocycles. The summed E-state index contributed by atoms with van der Waals surface area (Å²) in [5, 5.41) is 2.69. The van der Waals surface area contributed by atoms with Crippen molar-refractivity contribution < 1.29 is 26.4 Å². The molecule has 4 rings (SSSR count). The van der Waals surface area contributed by atoms with E-state index in [4.69, 9.17) is 0 Å². The number of amides is 1. The molecular formula is C20H18F3N5O3S. The summed E-state index contributed by atoms with van der Waals surface area (Å²) in [4.78, 5) is 24.5. The molecule has 1 aliphatic rings. The summed E-state index contributed by atoms with van der Waals surface area (Å²) in [6.45, 7) is 0.728. The Kier molecular flexibility index (Phi) is 5.41. The van der Waals surface area contributed by atoms with Gasteiger partial charge in [-0.2, -0.15) is 13.2 Å². The number of aromatic nitrogens is 3. The minimum atomic E-state index is -4.45. The number of pyridine rings is 1. The van der Waals surface area contributed by atoms with E-state index in [2.05, 4.69) is 20.3 Å². The fourth-order valence-electron chi connectivity index (χ4n) is 3.36. The molecule has 0 saturated carbocycles. The van der Waals surface area contributed by atoms with Crippen LogP contribution in [0, 0.1) is 0 Å². The minimum absolute atomic E-state index is 0.0112. The number of hydrogen-bond acceptors (Lipinski definition) is 6. The zero-order chi connectivity index (χ0) is 23.1. The molecule has 0 unspecified atom stereocenters. The average Bonchev–Trinajstić information content (AvgIpc) is 3.23. The van der Waals surface area contributed by atoms with Crippen LogP contribution in [0.4, 0.5) is 24.7 Å². The number of carbonyl (C=O) groups is 1. The summed E-state index contributed by atoms with van der Waals surface area (Å²) < 4.78 is 61.2. The van der Waals surface area contributed by atoms with Crippen LogP contribution >= 0.6 is 0 Å². The molecule has 2 aromatic heterocycles. The summed E-state index contributed by atoms with van der Waals surface area (Å²) in [5.41, 5.74) is 1.70. The minimum Gasteiger partial charge on any atom is -0.340 e. The van der Waals surface area contributed by atoms with Gasteiger partial charge in [-0.05, 0) is 41.8 Å². The maximum absolute atomic E-state index is 12.8. The fourth-order valence-corrected chi connectivity index (χ4v) is 3.89. The predicted molar refractivity (Wildman–Crippen MR) is 109 cm³/mol. The fraction of sp³-hybridized carbons (Fsp3) is 0.250. The van der Waals surface area contributed by atoms with Crippen LogP contribution in [0.3, 0.4) is 0 Å². The summed E-state index contributed by atoms with van der Waals surface area (Å²) >= 11 is 0. The summed E-state index contributed by atoms with van der Waals surface area (Å²) in [6.07, 6.45) is -0.831. The first-order valence-electron chi connectivity index (χ1n) is 9.47. The van der Waals surface area contributed by atoms with Crippen LogP contribution in [-0.2, 0) is 29.0 Å². The molecule has 0 radical (unpaired) electrons. The molecule has 0 atom stereocenters. The molecular weight excluding hydrogens is 447 g/mol. The highest BCUT2D eigenvalue weighted by atomic mass is 32.2. The second-order valence-electron chi connectivity index (χ2n) is 7.38. The van der Waals surface area contributed by atoms with Crippen LogP contribution in [0.15, 0.2) is 47.9 Å². The highest BCUT2D eigenvalue weighted by Crippen LogP contribution is 2.30. The number of carbonyl (C=O) groups excluding carboxylic acids is 1. The standard InChI is InChI=1S/C20H18F3N5O3S/c1-32(30,31)19-25-10-16(27-19)18(29)28-7-6-12-2-4-15(8-13(12)11-28)26-17-5-3-14(9-24-17)20(21,22)23/h2-5,8-10H,6-7,11H2,1H3,(H,24,26)(H,25,27). The van der Waals surface area contributed by atoms with Gasteiger partial charge >= 0.3 is 6.18 Å². The Morgan fingerprint density at radius 1 is 1.19 bits per heavy atom. The van der Waals surface area contributed by atoms with Gasteiger partial charge < -0.3 is 15.2 Å². The van der Waals surface area contributed by atoms with E-state index < -0.39 is 27.5 Å². The van der Waals surface area contributed by atoms with Gasteiger partial charge in [-0.15, -0.1) is 0 Å². The van der Waals surface area contributed by atoms with E-state index in [1.807, 2.05) is 6.07 Å². The number of aromatic amines is 1. The first-order chi connectivity index (χ1) is 15.0. The summed E-state index contributed by atoms with van der Waals surface area (Å²) in [5.74, 6) is -0.143. The van der Waals surface area contributed by atoms with Crippen molar-refractivity contribution in [1.29, 1.82) is 0 Å². The zero-order valence-corrected chi connectivity index (χ0v) is 17.6. The van der Waals surface area contributed by atoms with Crippen LogP contribution < -0.4 is 5.32 Å². The maximum Gasteiger partial charge on any atom is 0.417 e. The largest absolute Gasteiger partial charge is 0.417 e. The van der Waals surface area contributed by atoms with Crippen molar-refractivity contribution in [2.45, 2.75) is 24.3 Å². The molecule has 8 nitrogen and oxygen atoms in total. The zero-order valence-electron chi connectivity index (χ0n) is 16.8. The summed E-state index contributed by atoms with van der Waals surface area (Å²) in [6, 6.07) is 7.68. The number of fused-ring (bicyclic) bond motifs is 1. The molecule has 3 heterocycles. The van der Waals surface area contributed by atoms with Gasteiger partial charge in [-0.3, -0.25) is 4.79 Å². The third kappa shape index (κ3) is 4.59. The van der Waals surface area contributed by atoms with E-state index in [9.17, 15) is 26.4 Å². The van der Waals surface area contributed by atoms with Gasteiger partial charge in [0, 0.05) is 37.4 Å². The van der Waals surface area contributed by atoms with E-state index in [1.54, 1.807) is 17.0 Å². The predicted octanol–water partition coefficient (Wildman–Crippen LogP) is 3.17. The molecule has 0 bridgehead atoms. The van der Waals surface area contributed by atoms with E-state index in [0.717, 1.165) is 29.6 Å². The average molecular weight is 465 g/mol. The number of anilines is 2. The second kappa shape index (κ2) is 7.93. The topological polar surface area (TPSA) is 108 Å². The number of sulfone groups is 1. The quantitative estimate of drug-likeness (QED) is 0.613. The Hall–Kier alpha value is -3.41. The van der Waals surface area contributed by atoms with E-state index in [0.29, 0.717) is 18.7 Å². The van der Waals surface area contributed by atoms with Crippen LogP contribution in [0.25, 0.3) is 0 Å². The van der Waals surface area contributed by atoms with Crippen molar-refractivity contribution in [2.24, 2.45) is 0 Å². The van der Waals surface area contributed by atoms with Gasteiger partial charge in [-0.1, -0.05) is 6.07 Å². The number of benzene rings is 1. The van der Waals surface area contributed by atoms with Crippen molar-refractivity contribution in [2.75, 3.05) is 18.1 Å². The number of nitrogens with one attached hydrogen (secondary N) is 2. The van der Waals surface area contributed by atoms with Crippen molar-refractivity contribution in [3.8, 4) is 0 Å². The van der Waals surface area contributed by atoms with E-state index in [1.165, 1.54) is 12.3 Å². The van der Waals surface area contributed by atoms with Gasteiger partial charge in [-0.25, -0.2) is 18.4 Å². The molecule has 12 heteroatoms. The molecule has 2 N–H and O–H groups in total. The van der Waals surface area contributed by atoms with Crippen LogP contribution in [0.2, 0.25) is 0 Å². The lowest BCUT2D eigenvalue weighted by atomic mass is 9.99. The Morgan fingerprint density at radius 3 is 2.59 bits per heavy atom. The molecule has 168 valence electrons. The van der Waals surface area contributed by atoms with Crippen molar-refractivity contribution >= 4 is 27.2 Å². The second-order valence-corrected chi connectivity index (χ2v) is 9.31. The first-order valence-corrected chi connectivity index (χ1v) is 11.4. The van der Waals surface area contributed by atoms with Crippen molar-refractivity contribution in [1.82, 2.24) is 19.9 Å². The lowest BCUT2D eigenvalue weighted by Crippen LogP contribution is -2.36. The Morgan fingerprint density at radius 2 is 1.97 bits per heavy atom. The van der Waals surface area contributed by atoms with Crippen LogP contribution in [0.1, 0.15) is 27.2 Å². The molecule has 0 fully saturated rings.